The second-order valence-corrected chi connectivity index (χ2v) is 4.95. The lowest BCUT2D eigenvalue weighted by molar-refractivity contribution is 0.328. The molecule has 0 atom stereocenters. The maximum atomic E-state index is 8.84. The molecule has 5 heteroatoms. The maximum Gasteiger partial charge on any atom is 0.121 e. The number of nitriles is 1. The van der Waals surface area contributed by atoms with Crippen LogP contribution in [0.5, 0.6) is 5.75 Å². The predicted molar refractivity (Wildman–Crippen MR) is 83.1 cm³/mol. The summed E-state index contributed by atoms with van der Waals surface area (Å²) in [7, 11) is 0. The molecule has 2 rings (SSSR count). The van der Waals surface area contributed by atoms with Crippen molar-refractivity contribution in [1.82, 2.24) is 0 Å². The van der Waals surface area contributed by atoms with Crippen LogP contribution in [0.25, 0.3) is 0 Å². The molecule has 0 aliphatic carbocycles. The Morgan fingerprint density at radius 2 is 2.10 bits per heavy atom. The van der Waals surface area contributed by atoms with Crippen LogP contribution in [0.2, 0.25) is 0 Å². The number of hydrogen-bond donors (Lipinski definition) is 2. The normalized spacial score (nSPS) is 9.85. The molecular weight excluding hydrogens is 318 g/mol. The fourth-order valence-electron chi connectivity index (χ4n) is 1.68. The Morgan fingerprint density at radius 3 is 2.80 bits per heavy atom. The van der Waals surface area contributed by atoms with Gasteiger partial charge in [0.1, 0.15) is 12.4 Å². The molecule has 2 aromatic carbocycles. The van der Waals surface area contributed by atoms with E-state index in [2.05, 4.69) is 27.3 Å². The first-order chi connectivity index (χ1) is 9.72. The van der Waals surface area contributed by atoms with Crippen molar-refractivity contribution in [3.63, 3.8) is 0 Å². The molecule has 0 saturated carbocycles. The minimum absolute atomic E-state index is 0.485. The summed E-state index contributed by atoms with van der Waals surface area (Å²) in [4.78, 5) is 0. The van der Waals surface area contributed by atoms with Crippen LogP contribution in [0.3, 0.4) is 0 Å². The van der Waals surface area contributed by atoms with Gasteiger partial charge in [0, 0.05) is 22.8 Å². The van der Waals surface area contributed by atoms with Crippen molar-refractivity contribution < 1.29 is 4.74 Å². The minimum atomic E-state index is 0.485. The zero-order chi connectivity index (χ0) is 14.4. The van der Waals surface area contributed by atoms with Gasteiger partial charge in [-0.15, -0.1) is 0 Å². The lowest BCUT2D eigenvalue weighted by Crippen LogP contribution is -2.10. The highest BCUT2D eigenvalue weighted by Gasteiger charge is 2.03. The van der Waals surface area contributed by atoms with Gasteiger partial charge in [-0.25, -0.2) is 0 Å². The first-order valence-corrected chi connectivity index (χ1v) is 6.92. The van der Waals surface area contributed by atoms with Crippen LogP contribution >= 0.6 is 15.9 Å². The van der Waals surface area contributed by atoms with E-state index >= 15 is 0 Å². The molecule has 0 heterocycles. The van der Waals surface area contributed by atoms with Gasteiger partial charge in [-0.1, -0.05) is 6.07 Å². The van der Waals surface area contributed by atoms with Gasteiger partial charge < -0.3 is 15.8 Å². The van der Waals surface area contributed by atoms with Crippen molar-refractivity contribution in [2.45, 2.75) is 0 Å². The van der Waals surface area contributed by atoms with Crippen LogP contribution in [0.4, 0.5) is 11.4 Å². The Bertz CT molecular complexity index is 637. The lowest BCUT2D eigenvalue weighted by atomic mass is 10.2. The summed E-state index contributed by atoms with van der Waals surface area (Å²) < 4.78 is 6.32. The third-order valence-corrected chi connectivity index (χ3v) is 3.25. The molecule has 0 radical (unpaired) electrons. The molecule has 2 aromatic rings. The van der Waals surface area contributed by atoms with Crippen molar-refractivity contribution in [3.05, 3.63) is 52.5 Å². The number of benzene rings is 2. The molecule has 0 aliphatic rings. The number of nitrogens with zero attached hydrogens (tertiary/aromatic N) is 1. The highest BCUT2D eigenvalue weighted by atomic mass is 79.9. The molecular formula is C15H14BrN3O. The highest BCUT2D eigenvalue weighted by molar-refractivity contribution is 9.10. The number of nitrogens with two attached hydrogens (primary N) is 1. The van der Waals surface area contributed by atoms with E-state index in [9.17, 15) is 0 Å². The van der Waals surface area contributed by atoms with E-state index in [-0.39, 0.29) is 0 Å². The molecule has 20 heavy (non-hydrogen) atoms. The highest BCUT2D eigenvalue weighted by Crippen LogP contribution is 2.28. The van der Waals surface area contributed by atoms with Crippen molar-refractivity contribution in [2.75, 3.05) is 18.5 Å². The van der Waals surface area contributed by atoms with Crippen LogP contribution in [-0.2, 0) is 0 Å². The smallest absolute Gasteiger partial charge is 0.121 e. The largest absolute Gasteiger partial charge is 0.492 e. The Kier molecular flexibility index (Phi) is 4.99. The van der Waals surface area contributed by atoms with Crippen LogP contribution in [0.1, 0.15) is 5.56 Å². The second-order valence-electron chi connectivity index (χ2n) is 4.10. The van der Waals surface area contributed by atoms with E-state index in [1.807, 2.05) is 30.3 Å². The standard InChI is InChI=1S/C15H14BrN3O/c16-14-8-11(10-18)4-5-15(14)19-12-2-1-3-13(9-12)20-7-6-17/h1-5,8-9,19H,6-7,17H2. The summed E-state index contributed by atoms with van der Waals surface area (Å²) in [6.45, 7) is 0.975. The average Bonchev–Trinajstić information content (AvgIpc) is 2.47. The quantitative estimate of drug-likeness (QED) is 0.880. The summed E-state index contributed by atoms with van der Waals surface area (Å²) >= 11 is 3.44. The number of anilines is 2. The Labute approximate surface area is 126 Å². The molecule has 0 aromatic heterocycles. The first kappa shape index (κ1) is 14.4. The second kappa shape index (κ2) is 6.94. The fraction of sp³-hybridized carbons (Fsp3) is 0.133. The minimum Gasteiger partial charge on any atom is -0.492 e. The SMILES string of the molecule is N#Cc1ccc(Nc2cccc(OCCN)c2)c(Br)c1. The molecule has 102 valence electrons. The molecule has 0 amide bonds. The summed E-state index contributed by atoms with van der Waals surface area (Å²) in [6.07, 6.45) is 0. The third kappa shape index (κ3) is 3.73. The number of ether oxygens (including phenoxy) is 1. The summed E-state index contributed by atoms with van der Waals surface area (Å²) in [5.74, 6) is 0.769. The average molecular weight is 332 g/mol. The molecule has 3 N–H and O–H groups in total. The van der Waals surface area contributed by atoms with E-state index in [1.54, 1.807) is 12.1 Å². The van der Waals surface area contributed by atoms with E-state index in [4.69, 9.17) is 15.7 Å². The summed E-state index contributed by atoms with van der Waals surface area (Å²) in [6, 6.07) is 15.1. The monoisotopic (exact) mass is 331 g/mol. The number of halogens is 1. The van der Waals surface area contributed by atoms with Gasteiger partial charge in [0.2, 0.25) is 0 Å². The predicted octanol–water partition coefficient (Wildman–Crippen LogP) is 3.40. The van der Waals surface area contributed by atoms with Crippen molar-refractivity contribution in [2.24, 2.45) is 5.73 Å². The summed E-state index contributed by atoms with van der Waals surface area (Å²) in [5.41, 5.74) is 7.82. The third-order valence-electron chi connectivity index (χ3n) is 2.60. The maximum absolute atomic E-state index is 8.84. The molecule has 0 bridgehead atoms. The van der Waals surface area contributed by atoms with Crippen molar-refractivity contribution in [3.8, 4) is 11.8 Å². The number of hydrogen-bond acceptors (Lipinski definition) is 4. The van der Waals surface area contributed by atoms with E-state index in [0.717, 1.165) is 21.6 Å². The van der Waals surface area contributed by atoms with Gasteiger partial charge in [0.25, 0.3) is 0 Å². The molecule has 0 aliphatic heterocycles. The van der Waals surface area contributed by atoms with E-state index in [0.29, 0.717) is 18.7 Å². The van der Waals surface area contributed by atoms with Gasteiger partial charge in [0.05, 0.1) is 17.3 Å². The molecule has 0 unspecified atom stereocenters. The van der Waals surface area contributed by atoms with Crippen LogP contribution in [0, 0.1) is 11.3 Å². The Hall–Kier alpha value is -2.03. The summed E-state index contributed by atoms with van der Waals surface area (Å²) in [5, 5.41) is 12.1. The molecule has 0 saturated heterocycles. The van der Waals surface area contributed by atoms with E-state index < -0.39 is 0 Å². The fourth-order valence-corrected chi connectivity index (χ4v) is 2.16. The molecule has 0 fully saturated rings. The van der Waals surface area contributed by atoms with Crippen molar-refractivity contribution >= 4 is 27.3 Å². The van der Waals surface area contributed by atoms with Gasteiger partial charge >= 0.3 is 0 Å². The molecule has 4 nitrogen and oxygen atoms in total. The van der Waals surface area contributed by atoms with Crippen molar-refractivity contribution in [1.29, 1.82) is 5.26 Å². The van der Waals surface area contributed by atoms with Gasteiger partial charge in [-0.3, -0.25) is 0 Å². The number of rotatable bonds is 5. The molecule has 0 spiro atoms. The Balaban J connectivity index is 2.15. The topological polar surface area (TPSA) is 71.1 Å². The first-order valence-electron chi connectivity index (χ1n) is 6.12. The lowest BCUT2D eigenvalue weighted by Gasteiger charge is -2.11. The Morgan fingerprint density at radius 1 is 1.25 bits per heavy atom. The zero-order valence-corrected chi connectivity index (χ0v) is 12.4. The van der Waals surface area contributed by atoms with Crippen LogP contribution in [0.15, 0.2) is 46.9 Å². The van der Waals surface area contributed by atoms with Gasteiger partial charge in [0.15, 0.2) is 0 Å². The van der Waals surface area contributed by atoms with Crippen LogP contribution < -0.4 is 15.8 Å². The number of nitrogens with one attached hydrogen (secondary N) is 1. The zero-order valence-electron chi connectivity index (χ0n) is 10.8. The van der Waals surface area contributed by atoms with Crippen LogP contribution in [-0.4, -0.2) is 13.2 Å². The van der Waals surface area contributed by atoms with E-state index in [1.165, 1.54) is 0 Å². The van der Waals surface area contributed by atoms with Gasteiger partial charge in [-0.2, -0.15) is 5.26 Å². The van der Waals surface area contributed by atoms with Gasteiger partial charge in [-0.05, 0) is 46.3 Å².